The first-order chi connectivity index (χ1) is 8.36. The number of hydrogen-bond donors (Lipinski definition) is 1. The predicted molar refractivity (Wildman–Crippen MR) is 76.9 cm³/mol. The van der Waals surface area contributed by atoms with Crippen LogP contribution in [0.5, 0.6) is 0 Å². The van der Waals surface area contributed by atoms with E-state index in [1.54, 1.807) is 0 Å². The largest absolute Gasteiger partial charge is 0.307 e. The fraction of sp³-hybridized carbons (Fsp3) is 0.571. The van der Waals surface area contributed by atoms with E-state index < -0.39 is 5.82 Å². The van der Waals surface area contributed by atoms with Crippen molar-refractivity contribution in [2.75, 3.05) is 0 Å². The molecular formula is C14H20Cl2FN. The molecule has 0 aliphatic rings. The number of hydrogen-bond acceptors (Lipinski definition) is 1. The van der Waals surface area contributed by atoms with E-state index in [1.165, 1.54) is 12.1 Å². The van der Waals surface area contributed by atoms with Gasteiger partial charge in [0.2, 0.25) is 0 Å². The lowest BCUT2D eigenvalue weighted by atomic mass is 9.99. The molecule has 0 heterocycles. The van der Waals surface area contributed by atoms with E-state index in [0.29, 0.717) is 17.0 Å². The van der Waals surface area contributed by atoms with Crippen molar-refractivity contribution >= 4 is 23.2 Å². The Hall–Kier alpha value is -0.310. The van der Waals surface area contributed by atoms with Crippen LogP contribution in [-0.4, -0.2) is 6.04 Å². The summed E-state index contributed by atoms with van der Waals surface area (Å²) in [6.07, 6.45) is 1.02. The number of nitrogens with one attached hydrogen (secondary N) is 1. The third kappa shape index (κ3) is 3.84. The third-order valence-electron chi connectivity index (χ3n) is 3.21. The van der Waals surface area contributed by atoms with Crippen LogP contribution in [0.1, 0.15) is 45.7 Å². The summed E-state index contributed by atoms with van der Waals surface area (Å²) in [6.45, 7) is 8.45. The molecule has 0 saturated heterocycles. The van der Waals surface area contributed by atoms with Crippen LogP contribution in [0.3, 0.4) is 0 Å². The van der Waals surface area contributed by atoms with Gasteiger partial charge in [-0.05, 0) is 37.0 Å². The number of halogens is 3. The maximum atomic E-state index is 13.5. The summed E-state index contributed by atoms with van der Waals surface area (Å²) in [5, 5.41) is 4.04. The zero-order chi connectivity index (χ0) is 13.9. The molecule has 0 fully saturated rings. The Morgan fingerprint density at radius 3 is 2.28 bits per heavy atom. The van der Waals surface area contributed by atoms with Gasteiger partial charge in [-0.15, -0.1) is 0 Å². The normalized spacial score (nSPS) is 14.9. The third-order valence-corrected chi connectivity index (χ3v) is 3.83. The van der Waals surface area contributed by atoms with E-state index in [9.17, 15) is 4.39 Å². The van der Waals surface area contributed by atoms with Gasteiger partial charge in [-0.2, -0.15) is 0 Å². The smallest absolute Gasteiger partial charge is 0.142 e. The summed E-state index contributed by atoms with van der Waals surface area (Å²) in [7, 11) is 0. The second kappa shape index (κ2) is 6.74. The second-order valence-electron chi connectivity index (χ2n) is 4.93. The van der Waals surface area contributed by atoms with Crippen molar-refractivity contribution in [1.82, 2.24) is 5.32 Å². The molecule has 4 heteroatoms. The molecule has 2 atom stereocenters. The van der Waals surface area contributed by atoms with Crippen LogP contribution in [0.2, 0.25) is 10.0 Å². The summed E-state index contributed by atoms with van der Waals surface area (Å²) in [5.74, 6) is 0.0932. The van der Waals surface area contributed by atoms with Gasteiger partial charge in [0.15, 0.2) is 0 Å². The summed E-state index contributed by atoms with van der Waals surface area (Å²) in [4.78, 5) is 0. The van der Waals surface area contributed by atoms with E-state index in [4.69, 9.17) is 23.2 Å². The van der Waals surface area contributed by atoms with Crippen LogP contribution in [0.4, 0.5) is 4.39 Å². The molecule has 0 amide bonds. The van der Waals surface area contributed by atoms with Crippen molar-refractivity contribution in [3.05, 3.63) is 33.6 Å². The first-order valence-electron chi connectivity index (χ1n) is 6.27. The number of rotatable bonds is 5. The molecule has 0 bridgehead atoms. The molecule has 1 N–H and O–H groups in total. The summed E-state index contributed by atoms with van der Waals surface area (Å²) in [6, 6.07) is 3.25. The molecule has 1 nitrogen and oxygen atoms in total. The molecule has 0 aliphatic carbocycles. The minimum absolute atomic E-state index is 0.00313. The fourth-order valence-corrected chi connectivity index (χ4v) is 2.61. The van der Waals surface area contributed by atoms with Gasteiger partial charge in [-0.3, -0.25) is 0 Å². The quantitative estimate of drug-likeness (QED) is 0.734. The molecule has 0 aromatic heterocycles. The highest BCUT2D eigenvalue weighted by molar-refractivity contribution is 6.35. The van der Waals surface area contributed by atoms with Crippen LogP contribution in [0.25, 0.3) is 0 Å². The van der Waals surface area contributed by atoms with E-state index in [2.05, 4.69) is 26.1 Å². The van der Waals surface area contributed by atoms with Gasteiger partial charge >= 0.3 is 0 Å². The average molecular weight is 292 g/mol. The highest BCUT2D eigenvalue weighted by Crippen LogP contribution is 2.29. The first-order valence-corrected chi connectivity index (χ1v) is 7.02. The molecule has 1 aromatic carbocycles. The Morgan fingerprint density at radius 2 is 1.78 bits per heavy atom. The predicted octanol–water partition coefficient (Wildman–Crippen LogP) is 5.22. The standard InChI is InChI=1S/C14H20Cl2FN/c1-5-14(8(2)3)18-9(4)10-6-13(17)12(16)7-11(10)15/h6-9,14,18H,5H2,1-4H3. The zero-order valence-electron chi connectivity index (χ0n) is 11.2. The highest BCUT2D eigenvalue weighted by atomic mass is 35.5. The number of benzene rings is 1. The van der Waals surface area contributed by atoms with Crippen molar-refractivity contribution in [1.29, 1.82) is 0 Å². The minimum Gasteiger partial charge on any atom is -0.307 e. The van der Waals surface area contributed by atoms with E-state index >= 15 is 0 Å². The average Bonchev–Trinajstić information content (AvgIpc) is 2.29. The van der Waals surface area contributed by atoms with Gasteiger partial charge in [0.1, 0.15) is 5.82 Å². The maximum Gasteiger partial charge on any atom is 0.142 e. The second-order valence-corrected chi connectivity index (χ2v) is 5.75. The minimum atomic E-state index is -0.428. The monoisotopic (exact) mass is 291 g/mol. The van der Waals surface area contributed by atoms with Crippen LogP contribution >= 0.6 is 23.2 Å². The molecule has 2 unspecified atom stereocenters. The zero-order valence-corrected chi connectivity index (χ0v) is 12.7. The Morgan fingerprint density at radius 1 is 1.17 bits per heavy atom. The Balaban J connectivity index is 2.90. The van der Waals surface area contributed by atoms with Crippen LogP contribution in [-0.2, 0) is 0 Å². The van der Waals surface area contributed by atoms with Crippen molar-refractivity contribution < 1.29 is 4.39 Å². The SMILES string of the molecule is CCC(NC(C)c1cc(F)c(Cl)cc1Cl)C(C)C. The molecule has 0 saturated carbocycles. The van der Waals surface area contributed by atoms with Crippen LogP contribution in [0.15, 0.2) is 12.1 Å². The highest BCUT2D eigenvalue weighted by Gasteiger charge is 2.18. The van der Waals surface area contributed by atoms with Gasteiger partial charge < -0.3 is 5.32 Å². The van der Waals surface area contributed by atoms with E-state index in [1.807, 2.05) is 6.92 Å². The van der Waals surface area contributed by atoms with Gasteiger partial charge in [-0.1, -0.05) is 44.0 Å². The van der Waals surface area contributed by atoms with Crippen molar-refractivity contribution in [3.63, 3.8) is 0 Å². The van der Waals surface area contributed by atoms with Crippen molar-refractivity contribution in [2.45, 2.75) is 46.2 Å². The summed E-state index contributed by atoms with van der Waals surface area (Å²) >= 11 is 11.8. The lowest BCUT2D eigenvalue weighted by Gasteiger charge is -2.26. The van der Waals surface area contributed by atoms with Gasteiger partial charge in [0.25, 0.3) is 0 Å². The van der Waals surface area contributed by atoms with Crippen molar-refractivity contribution in [3.8, 4) is 0 Å². The Labute approximate surface area is 119 Å². The van der Waals surface area contributed by atoms with Crippen LogP contribution < -0.4 is 5.32 Å². The molecule has 0 aliphatic heterocycles. The fourth-order valence-electron chi connectivity index (χ4n) is 2.06. The van der Waals surface area contributed by atoms with E-state index in [-0.39, 0.29) is 11.1 Å². The Bertz CT molecular complexity index is 407. The maximum absolute atomic E-state index is 13.5. The Kier molecular flexibility index (Phi) is 5.90. The molecule has 0 spiro atoms. The molecular weight excluding hydrogens is 272 g/mol. The lowest BCUT2D eigenvalue weighted by Crippen LogP contribution is -2.35. The first kappa shape index (κ1) is 15.7. The van der Waals surface area contributed by atoms with E-state index in [0.717, 1.165) is 12.0 Å². The summed E-state index contributed by atoms with van der Waals surface area (Å²) < 4.78 is 13.5. The van der Waals surface area contributed by atoms with Gasteiger partial charge in [0, 0.05) is 17.1 Å². The molecule has 1 aromatic rings. The molecule has 0 radical (unpaired) electrons. The topological polar surface area (TPSA) is 12.0 Å². The van der Waals surface area contributed by atoms with Gasteiger partial charge in [0.05, 0.1) is 5.02 Å². The van der Waals surface area contributed by atoms with Crippen molar-refractivity contribution in [2.24, 2.45) is 5.92 Å². The lowest BCUT2D eigenvalue weighted by molar-refractivity contribution is 0.355. The summed E-state index contributed by atoms with van der Waals surface area (Å²) in [5.41, 5.74) is 0.748. The molecule has 18 heavy (non-hydrogen) atoms. The van der Waals surface area contributed by atoms with Gasteiger partial charge in [-0.25, -0.2) is 4.39 Å². The van der Waals surface area contributed by atoms with Crippen LogP contribution in [0, 0.1) is 11.7 Å². The molecule has 102 valence electrons. The molecule has 1 rings (SSSR count).